The molecule has 0 N–H and O–H groups in total. The summed E-state index contributed by atoms with van der Waals surface area (Å²) in [5, 5.41) is 0. The second kappa shape index (κ2) is 6.26. The molecule has 0 aliphatic carbocycles. The number of fused-ring (bicyclic) bond motifs is 2. The fraction of sp³-hybridized carbons (Fsp3) is 0.500. The molecule has 2 aromatic rings. The van der Waals surface area contributed by atoms with Crippen LogP contribution in [0, 0.1) is 0 Å². The molecule has 1 fully saturated rings. The molecule has 128 valence electrons. The molecule has 3 heterocycles. The lowest BCUT2D eigenvalue weighted by molar-refractivity contribution is 0.0234. The Morgan fingerprint density at radius 2 is 2.00 bits per heavy atom. The minimum Gasteiger partial charge on any atom is -0.497 e. The van der Waals surface area contributed by atoms with E-state index in [-0.39, 0.29) is 5.54 Å². The molecule has 0 radical (unpaired) electrons. The average Bonchev–Trinajstić information content (AvgIpc) is 3.13. The summed E-state index contributed by atoms with van der Waals surface area (Å²) in [7, 11) is 4.04. The molecular weight excluding hydrogens is 300 g/mol. The van der Waals surface area contributed by atoms with Crippen molar-refractivity contribution < 1.29 is 9.15 Å². The molecule has 24 heavy (non-hydrogen) atoms. The maximum Gasteiger partial charge on any atom is 0.119 e. The number of nitrogens with zero attached hydrogens (tertiary/aromatic N) is 2. The Morgan fingerprint density at radius 1 is 1.17 bits per heavy atom. The number of likely N-dealkylation sites (N-methyl/N-ethyl adjacent to an activating group) is 1. The second-order valence-corrected chi connectivity index (χ2v) is 7.08. The molecule has 1 spiro atoms. The third-order valence-corrected chi connectivity index (χ3v) is 5.91. The second-order valence-electron chi connectivity index (χ2n) is 7.08. The van der Waals surface area contributed by atoms with E-state index in [0.717, 1.165) is 57.0 Å². The highest BCUT2D eigenvalue weighted by molar-refractivity contribution is 5.42. The van der Waals surface area contributed by atoms with E-state index in [2.05, 4.69) is 41.1 Å². The zero-order valence-corrected chi connectivity index (χ0v) is 14.6. The van der Waals surface area contributed by atoms with Gasteiger partial charge in [0.2, 0.25) is 0 Å². The molecule has 2 aliphatic rings. The Balaban J connectivity index is 1.57. The van der Waals surface area contributed by atoms with Crippen LogP contribution < -0.4 is 4.74 Å². The van der Waals surface area contributed by atoms with Crippen molar-refractivity contribution in [3.63, 3.8) is 0 Å². The van der Waals surface area contributed by atoms with Crippen molar-refractivity contribution in [3.8, 4) is 5.75 Å². The number of rotatable bonds is 3. The summed E-state index contributed by atoms with van der Waals surface area (Å²) < 4.78 is 11.0. The summed E-state index contributed by atoms with van der Waals surface area (Å²) in [6.45, 7) is 4.25. The maximum atomic E-state index is 5.51. The quantitative estimate of drug-likeness (QED) is 0.866. The Labute approximate surface area is 144 Å². The van der Waals surface area contributed by atoms with Gasteiger partial charge in [0.1, 0.15) is 11.5 Å². The molecule has 4 rings (SSSR count). The van der Waals surface area contributed by atoms with Crippen LogP contribution in [0.2, 0.25) is 0 Å². The van der Waals surface area contributed by atoms with Crippen LogP contribution in [0.5, 0.6) is 5.75 Å². The summed E-state index contributed by atoms with van der Waals surface area (Å²) in [5.41, 5.74) is 3.13. The topological polar surface area (TPSA) is 28.9 Å². The van der Waals surface area contributed by atoms with Gasteiger partial charge in [0, 0.05) is 25.2 Å². The lowest BCUT2D eigenvalue weighted by Gasteiger charge is -2.51. The predicted octanol–water partition coefficient (Wildman–Crippen LogP) is 3.27. The summed E-state index contributed by atoms with van der Waals surface area (Å²) in [6, 6.07) is 10.7. The van der Waals surface area contributed by atoms with Crippen molar-refractivity contribution >= 4 is 0 Å². The molecule has 1 aromatic carbocycles. The highest BCUT2D eigenvalue weighted by Crippen LogP contribution is 2.44. The molecule has 0 bridgehead atoms. The van der Waals surface area contributed by atoms with Gasteiger partial charge < -0.3 is 9.15 Å². The molecule has 1 aromatic heterocycles. The molecule has 0 saturated carbocycles. The molecule has 2 aliphatic heterocycles. The van der Waals surface area contributed by atoms with Gasteiger partial charge >= 0.3 is 0 Å². The monoisotopic (exact) mass is 326 g/mol. The third kappa shape index (κ3) is 2.64. The van der Waals surface area contributed by atoms with Crippen LogP contribution in [-0.2, 0) is 18.5 Å². The van der Waals surface area contributed by atoms with Crippen molar-refractivity contribution in [2.24, 2.45) is 0 Å². The van der Waals surface area contributed by atoms with Crippen LogP contribution in [0.25, 0.3) is 0 Å². The normalized spacial score (nSPS) is 20.9. The average molecular weight is 326 g/mol. The summed E-state index contributed by atoms with van der Waals surface area (Å²) in [4.78, 5) is 5.07. The number of hydrogen-bond donors (Lipinski definition) is 0. The van der Waals surface area contributed by atoms with Crippen LogP contribution in [0.15, 0.2) is 41.0 Å². The SMILES string of the molecule is COc1ccc2c(c1)C1(CCN(Cc3ccco3)CC1)N(C)CC2. The maximum absolute atomic E-state index is 5.51. The smallest absolute Gasteiger partial charge is 0.119 e. The van der Waals surface area contributed by atoms with Crippen molar-refractivity contribution in [1.29, 1.82) is 0 Å². The number of piperidine rings is 1. The van der Waals surface area contributed by atoms with E-state index in [0.29, 0.717) is 0 Å². The summed E-state index contributed by atoms with van der Waals surface area (Å²) in [6.07, 6.45) is 5.21. The standard InChI is InChI=1S/C20H26N2O2/c1-21-10-7-16-5-6-17(23-2)14-19(16)20(21)8-11-22(12-9-20)15-18-4-3-13-24-18/h3-6,13-14H,7-12,15H2,1-2H3. The van der Waals surface area contributed by atoms with Gasteiger partial charge in [-0.05, 0) is 61.7 Å². The van der Waals surface area contributed by atoms with E-state index in [1.807, 2.05) is 6.07 Å². The first-order valence-electron chi connectivity index (χ1n) is 8.85. The zero-order valence-electron chi connectivity index (χ0n) is 14.6. The van der Waals surface area contributed by atoms with E-state index in [1.54, 1.807) is 13.4 Å². The van der Waals surface area contributed by atoms with Gasteiger partial charge in [-0.3, -0.25) is 9.80 Å². The van der Waals surface area contributed by atoms with Crippen LogP contribution in [0.4, 0.5) is 0 Å². The number of benzene rings is 1. The van der Waals surface area contributed by atoms with Crippen molar-refractivity contribution in [2.75, 3.05) is 33.8 Å². The van der Waals surface area contributed by atoms with E-state index in [4.69, 9.17) is 9.15 Å². The zero-order chi connectivity index (χ0) is 16.6. The van der Waals surface area contributed by atoms with Crippen molar-refractivity contribution in [3.05, 3.63) is 53.5 Å². The van der Waals surface area contributed by atoms with Crippen molar-refractivity contribution in [1.82, 2.24) is 9.80 Å². The van der Waals surface area contributed by atoms with Crippen LogP contribution in [-0.4, -0.2) is 43.6 Å². The van der Waals surface area contributed by atoms with E-state index in [9.17, 15) is 0 Å². The van der Waals surface area contributed by atoms with Gasteiger partial charge in [-0.15, -0.1) is 0 Å². The molecule has 4 nitrogen and oxygen atoms in total. The highest BCUT2D eigenvalue weighted by Gasteiger charge is 2.43. The summed E-state index contributed by atoms with van der Waals surface area (Å²) >= 11 is 0. The van der Waals surface area contributed by atoms with Crippen LogP contribution in [0.1, 0.15) is 29.7 Å². The van der Waals surface area contributed by atoms with Gasteiger partial charge in [0.25, 0.3) is 0 Å². The van der Waals surface area contributed by atoms with Gasteiger partial charge in [-0.1, -0.05) is 6.07 Å². The minimum atomic E-state index is 0.155. The van der Waals surface area contributed by atoms with Gasteiger partial charge in [0.15, 0.2) is 0 Å². The Kier molecular flexibility index (Phi) is 4.10. The largest absolute Gasteiger partial charge is 0.497 e. The van der Waals surface area contributed by atoms with Crippen molar-refractivity contribution in [2.45, 2.75) is 31.3 Å². The first kappa shape index (κ1) is 15.7. The van der Waals surface area contributed by atoms with E-state index >= 15 is 0 Å². The third-order valence-electron chi connectivity index (χ3n) is 5.91. The number of methoxy groups -OCH3 is 1. The number of furan rings is 1. The number of hydrogen-bond acceptors (Lipinski definition) is 4. The molecule has 0 amide bonds. The Bertz CT molecular complexity index is 688. The summed E-state index contributed by atoms with van der Waals surface area (Å²) in [5.74, 6) is 2.03. The molecule has 0 atom stereocenters. The lowest BCUT2D eigenvalue weighted by atomic mass is 9.74. The Hall–Kier alpha value is -1.78. The van der Waals surface area contributed by atoms with E-state index < -0.39 is 0 Å². The number of ether oxygens (including phenoxy) is 1. The lowest BCUT2D eigenvalue weighted by Crippen LogP contribution is -2.54. The fourth-order valence-electron chi connectivity index (χ4n) is 4.40. The fourth-order valence-corrected chi connectivity index (χ4v) is 4.40. The first-order chi connectivity index (χ1) is 11.7. The van der Waals surface area contributed by atoms with Crippen LogP contribution in [0.3, 0.4) is 0 Å². The van der Waals surface area contributed by atoms with Gasteiger partial charge in [0.05, 0.1) is 19.9 Å². The highest BCUT2D eigenvalue weighted by atomic mass is 16.5. The van der Waals surface area contributed by atoms with Gasteiger partial charge in [-0.25, -0.2) is 0 Å². The molecular formula is C20H26N2O2. The first-order valence-corrected chi connectivity index (χ1v) is 8.85. The molecule has 0 unspecified atom stereocenters. The predicted molar refractivity (Wildman–Crippen MR) is 94.2 cm³/mol. The molecule has 1 saturated heterocycles. The Morgan fingerprint density at radius 3 is 2.71 bits per heavy atom. The number of likely N-dealkylation sites (tertiary alicyclic amines) is 1. The van der Waals surface area contributed by atoms with Gasteiger partial charge in [-0.2, -0.15) is 0 Å². The van der Waals surface area contributed by atoms with E-state index in [1.165, 1.54) is 11.1 Å². The molecule has 4 heteroatoms. The van der Waals surface area contributed by atoms with Crippen LogP contribution >= 0.6 is 0 Å². The minimum absolute atomic E-state index is 0.155.